The third-order valence-corrected chi connectivity index (χ3v) is 6.03. The fraction of sp³-hybridized carbons (Fsp3) is 0.0909. The summed E-state index contributed by atoms with van der Waals surface area (Å²) in [6.45, 7) is 0.394. The van der Waals surface area contributed by atoms with Crippen LogP contribution >= 0.6 is 11.8 Å². The second kappa shape index (κ2) is 8.00. The molecule has 5 rings (SSSR count). The Kier molecular flexibility index (Phi) is 4.90. The number of hydrogen-bond acceptors (Lipinski definition) is 6. The number of hydrogen-bond donors (Lipinski definition) is 1. The lowest BCUT2D eigenvalue weighted by Crippen LogP contribution is -2.12. The van der Waals surface area contributed by atoms with E-state index >= 15 is 0 Å². The van der Waals surface area contributed by atoms with E-state index < -0.39 is 5.25 Å². The maximum absolute atomic E-state index is 13.6. The Morgan fingerprint density at radius 3 is 2.73 bits per heavy atom. The molecule has 30 heavy (non-hydrogen) atoms. The standard InChI is InChI=1S/C22H17N5O2S/c28-20(18-13-23-19-11-5-4-10-17(18)19)21(15-7-2-1-3-8-15)30-22-24-25-26-27(22)14-16-9-6-12-29-16/h1-13,21,23H,14H2/t21-/m1/s1. The van der Waals surface area contributed by atoms with Gasteiger partial charge in [0.2, 0.25) is 5.16 Å². The summed E-state index contributed by atoms with van der Waals surface area (Å²) in [6.07, 6.45) is 3.38. The third-order valence-electron chi connectivity index (χ3n) is 4.80. The molecular formula is C22H17N5O2S. The van der Waals surface area contributed by atoms with Gasteiger partial charge in [0.15, 0.2) is 5.78 Å². The number of rotatable bonds is 7. The Labute approximate surface area is 176 Å². The van der Waals surface area contributed by atoms with Gasteiger partial charge in [0.25, 0.3) is 0 Å². The smallest absolute Gasteiger partial charge is 0.210 e. The van der Waals surface area contributed by atoms with E-state index in [2.05, 4.69) is 20.5 Å². The van der Waals surface area contributed by atoms with E-state index in [1.54, 1.807) is 17.1 Å². The van der Waals surface area contributed by atoms with Crippen LogP contribution in [-0.2, 0) is 6.54 Å². The highest BCUT2D eigenvalue weighted by atomic mass is 32.2. The molecule has 3 heterocycles. The Balaban J connectivity index is 1.51. The minimum Gasteiger partial charge on any atom is -0.467 e. The van der Waals surface area contributed by atoms with Gasteiger partial charge in [-0.3, -0.25) is 4.79 Å². The van der Waals surface area contributed by atoms with Crippen molar-refractivity contribution < 1.29 is 9.21 Å². The number of nitrogens with zero attached hydrogens (tertiary/aromatic N) is 4. The number of Topliss-reactive ketones (excluding diaryl/α,β-unsaturated/α-hetero) is 1. The minimum absolute atomic E-state index is 0.00352. The third kappa shape index (κ3) is 3.53. The summed E-state index contributed by atoms with van der Waals surface area (Å²) in [7, 11) is 0. The lowest BCUT2D eigenvalue weighted by Gasteiger charge is -2.15. The van der Waals surface area contributed by atoms with Crippen LogP contribution in [0.2, 0.25) is 0 Å². The van der Waals surface area contributed by atoms with Crippen molar-refractivity contribution >= 4 is 28.4 Å². The average molecular weight is 415 g/mol. The van der Waals surface area contributed by atoms with E-state index in [4.69, 9.17) is 4.42 Å². The maximum atomic E-state index is 13.6. The molecule has 0 saturated carbocycles. The lowest BCUT2D eigenvalue weighted by atomic mass is 10.0. The van der Waals surface area contributed by atoms with Crippen LogP contribution in [0.4, 0.5) is 0 Å². The highest BCUT2D eigenvalue weighted by molar-refractivity contribution is 8.00. The Morgan fingerprint density at radius 1 is 1.07 bits per heavy atom. The lowest BCUT2D eigenvalue weighted by molar-refractivity contribution is 0.0991. The van der Waals surface area contributed by atoms with Crippen LogP contribution in [-0.4, -0.2) is 31.0 Å². The molecular weight excluding hydrogens is 398 g/mol. The first kappa shape index (κ1) is 18.4. The molecule has 0 aliphatic heterocycles. The van der Waals surface area contributed by atoms with Gasteiger partial charge in [-0.2, -0.15) is 0 Å². The number of benzene rings is 2. The molecule has 0 spiro atoms. The highest BCUT2D eigenvalue weighted by Gasteiger charge is 2.28. The molecule has 0 aliphatic rings. The summed E-state index contributed by atoms with van der Waals surface area (Å²) in [5.41, 5.74) is 2.47. The van der Waals surface area contributed by atoms with E-state index in [1.807, 2.05) is 66.7 Å². The van der Waals surface area contributed by atoms with Crippen molar-refractivity contribution in [2.24, 2.45) is 0 Å². The molecule has 0 unspecified atom stereocenters. The van der Waals surface area contributed by atoms with Crippen LogP contribution < -0.4 is 0 Å². The number of nitrogens with one attached hydrogen (secondary N) is 1. The molecule has 2 aromatic carbocycles. The minimum atomic E-state index is -0.494. The summed E-state index contributed by atoms with van der Waals surface area (Å²) >= 11 is 1.33. The van der Waals surface area contributed by atoms with Crippen molar-refractivity contribution in [2.75, 3.05) is 0 Å². The molecule has 0 radical (unpaired) electrons. The van der Waals surface area contributed by atoms with Crippen molar-refractivity contribution in [1.82, 2.24) is 25.2 Å². The number of carbonyl (C=O) groups excluding carboxylic acids is 1. The van der Waals surface area contributed by atoms with Crippen molar-refractivity contribution in [3.8, 4) is 0 Å². The number of furan rings is 1. The van der Waals surface area contributed by atoms with E-state index in [9.17, 15) is 4.79 Å². The summed E-state index contributed by atoms with van der Waals surface area (Å²) in [4.78, 5) is 16.8. The normalized spacial score (nSPS) is 12.3. The number of ketones is 1. The van der Waals surface area contributed by atoms with E-state index in [0.29, 0.717) is 17.3 Å². The van der Waals surface area contributed by atoms with Gasteiger partial charge < -0.3 is 9.40 Å². The van der Waals surface area contributed by atoms with Crippen LogP contribution in [0.1, 0.15) is 26.9 Å². The van der Waals surface area contributed by atoms with Crippen molar-refractivity contribution in [2.45, 2.75) is 17.0 Å². The summed E-state index contributed by atoms with van der Waals surface area (Å²) in [5.74, 6) is 0.736. The van der Waals surface area contributed by atoms with Gasteiger partial charge in [-0.25, -0.2) is 4.68 Å². The quantitative estimate of drug-likeness (QED) is 0.311. The predicted octanol–water partition coefficient (Wildman–Crippen LogP) is 4.51. The first-order valence-electron chi connectivity index (χ1n) is 9.40. The predicted molar refractivity (Wildman–Crippen MR) is 113 cm³/mol. The second-order valence-electron chi connectivity index (χ2n) is 6.72. The fourth-order valence-corrected chi connectivity index (χ4v) is 4.40. The molecule has 1 N–H and O–H groups in total. The molecule has 8 heteroatoms. The van der Waals surface area contributed by atoms with E-state index in [0.717, 1.165) is 22.2 Å². The number of aromatic nitrogens is 5. The molecule has 1 atom stereocenters. The first-order valence-corrected chi connectivity index (χ1v) is 10.3. The average Bonchev–Trinajstić information content (AvgIpc) is 3.54. The molecule has 0 saturated heterocycles. The van der Waals surface area contributed by atoms with Gasteiger partial charge in [0.1, 0.15) is 17.6 Å². The number of fused-ring (bicyclic) bond motifs is 1. The number of carbonyl (C=O) groups is 1. The summed E-state index contributed by atoms with van der Waals surface area (Å²) in [5, 5.41) is 13.0. The molecule has 3 aromatic heterocycles. The molecule has 0 aliphatic carbocycles. The Morgan fingerprint density at radius 2 is 1.90 bits per heavy atom. The van der Waals surface area contributed by atoms with Crippen LogP contribution in [0, 0.1) is 0 Å². The number of aromatic amines is 1. The fourth-order valence-electron chi connectivity index (χ4n) is 3.35. The van der Waals surface area contributed by atoms with Crippen molar-refractivity contribution in [1.29, 1.82) is 0 Å². The van der Waals surface area contributed by atoms with Gasteiger partial charge in [-0.15, -0.1) is 5.10 Å². The monoisotopic (exact) mass is 415 g/mol. The van der Waals surface area contributed by atoms with Crippen LogP contribution in [0.25, 0.3) is 10.9 Å². The largest absolute Gasteiger partial charge is 0.467 e. The number of thioether (sulfide) groups is 1. The topological polar surface area (TPSA) is 89.6 Å². The molecule has 7 nitrogen and oxygen atoms in total. The molecule has 5 aromatic rings. The van der Waals surface area contributed by atoms with Gasteiger partial charge in [0, 0.05) is 22.7 Å². The van der Waals surface area contributed by atoms with Crippen molar-refractivity contribution in [3.05, 3.63) is 96.1 Å². The second-order valence-corrected chi connectivity index (χ2v) is 7.79. The Bertz CT molecular complexity index is 1280. The zero-order valence-corrected chi connectivity index (χ0v) is 16.6. The number of para-hydroxylation sites is 1. The first-order chi connectivity index (χ1) is 14.8. The zero-order valence-electron chi connectivity index (χ0n) is 15.8. The maximum Gasteiger partial charge on any atom is 0.210 e. The van der Waals surface area contributed by atoms with Gasteiger partial charge in [-0.05, 0) is 34.2 Å². The van der Waals surface area contributed by atoms with Crippen LogP contribution in [0.3, 0.4) is 0 Å². The van der Waals surface area contributed by atoms with Crippen LogP contribution in [0.5, 0.6) is 0 Å². The molecule has 0 bridgehead atoms. The van der Waals surface area contributed by atoms with Gasteiger partial charge in [-0.1, -0.05) is 60.3 Å². The van der Waals surface area contributed by atoms with E-state index in [1.165, 1.54) is 11.8 Å². The Hall–Kier alpha value is -3.65. The van der Waals surface area contributed by atoms with E-state index in [-0.39, 0.29) is 5.78 Å². The zero-order chi connectivity index (χ0) is 20.3. The van der Waals surface area contributed by atoms with Gasteiger partial charge >= 0.3 is 0 Å². The SMILES string of the molecule is O=C(c1c[nH]c2ccccc12)[C@H](Sc1nnnn1Cc1ccco1)c1ccccc1. The number of tetrazole rings is 1. The van der Waals surface area contributed by atoms with Crippen molar-refractivity contribution in [3.63, 3.8) is 0 Å². The number of H-pyrrole nitrogens is 1. The molecule has 0 fully saturated rings. The highest BCUT2D eigenvalue weighted by Crippen LogP contribution is 2.38. The molecule has 148 valence electrons. The summed E-state index contributed by atoms with van der Waals surface area (Å²) in [6, 6.07) is 21.2. The van der Waals surface area contributed by atoms with Gasteiger partial charge in [0.05, 0.1) is 6.26 Å². The molecule has 0 amide bonds. The summed E-state index contributed by atoms with van der Waals surface area (Å²) < 4.78 is 7.05. The van der Waals surface area contributed by atoms with Crippen LogP contribution in [0.15, 0.2) is 88.8 Å².